The number of carbonyl (C=O) groups is 1. The molecule has 4 heterocycles. The fraction of sp³-hybridized carbons (Fsp3) is 0.179. The summed E-state index contributed by atoms with van der Waals surface area (Å²) in [4.78, 5) is 27.4. The van der Waals surface area contributed by atoms with Gasteiger partial charge in [0, 0.05) is 37.5 Å². The Bertz CT molecular complexity index is 1770. The van der Waals surface area contributed by atoms with Gasteiger partial charge in [-0.3, -0.25) is 9.78 Å². The lowest BCUT2D eigenvalue weighted by atomic mass is 10.1. The van der Waals surface area contributed by atoms with E-state index in [0.717, 1.165) is 16.8 Å². The van der Waals surface area contributed by atoms with Crippen LogP contribution in [0.3, 0.4) is 0 Å². The Morgan fingerprint density at radius 1 is 1.02 bits per heavy atom. The third-order valence-electron chi connectivity index (χ3n) is 6.41. The zero-order chi connectivity index (χ0) is 27.5. The molecular formula is C28H26N10O2. The lowest BCUT2D eigenvalue weighted by molar-refractivity contribution is 0.0949. The van der Waals surface area contributed by atoms with Crippen LogP contribution in [0.1, 0.15) is 27.9 Å². The topological polar surface area (TPSA) is 141 Å². The molecule has 0 aliphatic heterocycles. The number of aryl methyl sites for hydroxylation is 2. The molecule has 2 aromatic carbocycles. The van der Waals surface area contributed by atoms with Gasteiger partial charge in [-0.25, -0.2) is 9.97 Å². The first-order chi connectivity index (χ1) is 19.5. The number of hydrogen-bond donors (Lipinski definition) is 2. The molecule has 0 radical (unpaired) electrons. The summed E-state index contributed by atoms with van der Waals surface area (Å²) in [6, 6.07) is 18.8. The second kappa shape index (κ2) is 10.9. The molecule has 40 heavy (non-hydrogen) atoms. The van der Waals surface area contributed by atoms with Crippen LogP contribution in [0.4, 0.5) is 0 Å². The molecule has 0 aliphatic rings. The Balaban J connectivity index is 1.12. The van der Waals surface area contributed by atoms with Crippen LogP contribution in [0.15, 0.2) is 83.8 Å². The van der Waals surface area contributed by atoms with Crippen molar-refractivity contribution in [3.05, 3.63) is 96.5 Å². The minimum Gasteiger partial charge on any atom is -0.436 e. The fourth-order valence-corrected chi connectivity index (χ4v) is 4.43. The molecule has 6 rings (SSSR count). The zero-order valence-corrected chi connectivity index (χ0v) is 21.9. The highest BCUT2D eigenvalue weighted by molar-refractivity contribution is 5.93. The molecular weight excluding hydrogens is 508 g/mol. The molecule has 1 unspecified atom stereocenters. The van der Waals surface area contributed by atoms with Crippen LogP contribution in [-0.2, 0) is 14.1 Å². The van der Waals surface area contributed by atoms with Gasteiger partial charge in [-0.15, -0.1) is 10.2 Å². The van der Waals surface area contributed by atoms with E-state index < -0.39 is 0 Å². The summed E-state index contributed by atoms with van der Waals surface area (Å²) in [6.45, 7) is 0.849. The van der Waals surface area contributed by atoms with Crippen molar-refractivity contribution in [2.24, 2.45) is 14.1 Å². The molecule has 0 spiro atoms. The molecule has 0 saturated heterocycles. The van der Waals surface area contributed by atoms with Crippen molar-refractivity contribution in [3.63, 3.8) is 0 Å². The molecule has 0 bridgehead atoms. The van der Waals surface area contributed by atoms with E-state index >= 15 is 0 Å². The number of rotatable bonds is 9. The SMILES string of the molecule is Cn1nnc(C(NCCNC(=O)c2cc(-c3nc4cc(-c5cncn5C)ccc4o3)ccn2)c2ccccc2)n1. The first-order valence-electron chi connectivity index (χ1n) is 12.7. The average molecular weight is 535 g/mol. The van der Waals surface area contributed by atoms with Gasteiger partial charge in [0.15, 0.2) is 11.4 Å². The van der Waals surface area contributed by atoms with Gasteiger partial charge in [0.05, 0.1) is 31.3 Å². The van der Waals surface area contributed by atoms with Gasteiger partial charge < -0.3 is 19.6 Å². The molecule has 4 aromatic heterocycles. The van der Waals surface area contributed by atoms with E-state index in [1.165, 1.54) is 4.80 Å². The van der Waals surface area contributed by atoms with Crippen molar-refractivity contribution in [2.45, 2.75) is 6.04 Å². The van der Waals surface area contributed by atoms with Crippen LogP contribution in [-0.4, -0.2) is 58.7 Å². The minimum atomic E-state index is -0.299. The number of nitrogens with zero attached hydrogens (tertiary/aromatic N) is 8. The van der Waals surface area contributed by atoms with Gasteiger partial charge in [0.1, 0.15) is 11.2 Å². The zero-order valence-electron chi connectivity index (χ0n) is 21.9. The van der Waals surface area contributed by atoms with E-state index in [9.17, 15) is 4.79 Å². The van der Waals surface area contributed by atoms with Crippen molar-refractivity contribution in [3.8, 4) is 22.7 Å². The third kappa shape index (κ3) is 5.20. The summed E-state index contributed by atoms with van der Waals surface area (Å²) in [5, 5.41) is 18.8. The van der Waals surface area contributed by atoms with E-state index in [-0.39, 0.29) is 17.6 Å². The first-order valence-corrected chi connectivity index (χ1v) is 12.7. The lowest BCUT2D eigenvalue weighted by Crippen LogP contribution is -2.34. The minimum absolute atomic E-state index is 0.259. The van der Waals surface area contributed by atoms with Crippen molar-refractivity contribution in [1.29, 1.82) is 0 Å². The molecule has 12 nitrogen and oxygen atoms in total. The van der Waals surface area contributed by atoms with E-state index in [2.05, 4.69) is 41.0 Å². The van der Waals surface area contributed by atoms with Gasteiger partial charge in [0.2, 0.25) is 5.89 Å². The average Bonchev–Trinajstić information content (AvgIpc) is 3.72. The first kappa shape index (κ1) is 25.1. The van der Waals surface area contributed by atoms with Gasteiger partial charge in [-0.2, -0.15) is 4.80 Å². The number of oxazole rings is 1. The molecule has 2 N–H and O–H groups in total. The van der Waals surface area contributed by atoms with Crippen LogP contribution in [0.5, 0.6) is 0 Å². The van der Waals surface area contributed by atoms with Crippen molar-refractivity contribution < 1.29 is 9.21 Å². The highest BCUT2D eigenvalue weighted by atomic mass is 16.3. The van der Waals surface area contributed by atoms with Crippen molar-refractivity contribution in [1.82, 2.24) is 50.4 Å². The second-order valence-corrected chi connectivity index (χ2v) is 9.21. The Morgan fingerprint density at radius 2 is 1.90 bits per heavy atom. The summed E-state index contributed by atoms with van der Waals surface area (Å²) in [7, 11) is 3.66. The number of benzene rings is 2. The molecule has 0 aliphatic carbocycles. The number of aromatic nitrogens is 8. The normalized spacial score (nSPS) is 12.1. The van der Waals surface area contributed by atoms with Crippen molar-refractivity contribution in [2.75, 3.05) is 13.1 Å². The molecule has 1 atom stereocenters. The van der Waals surface area contributed by atoms with Crippen LogP contribution >= 0.6 is 0 Å². The maximum atomic E-state index is 12.9. The number of fused-ring (bicyclic) bond motifs is 1. The van der Waals surface area contributed by atoms with Gasteiger partial charge in [-0.05, 0) is 41.1 Å². The summed E-state index contributed by atoms with van der Waals surface area (Å²) >= 11 is 0. The van der Waals surface area contributed by atoms with E-state index in [1.54, 1.807) is 37.9 Å². The monoisotopic (exact) mass is 534 g/mol. The Labute approximate surface area is 229 Å². The predicted octanol–water partition coefficient (Wildman–Crippen LogP) is 2.92. The predicted molar refractivity (Wildman–Crippen MR) is 147 cm³/mol. The number of nitrogens with one attached hydrogen (secondary N) is 2. The van der Waals surface area contributed by atoms with E-state index in [0.29, 0.717) is 41.5 Å². The molecule has 12 heteroatoms. The maximum Gasteiger partial charge on any atom is 0.269 e. The summed E-state index contributed by atoms with van der Waals surface area (Å²) in [6.07, 6.45) is 5.13. The third-order valence-corrected chi connectivity index (χ3v) is 6.41. The summed E-state index contributed by atoms with van der Waals surface area (Å²) in [5.41, 5.74) is 5.27. The fourth-order valence-electron chi connectivity index (χ4n) is 4.43. The Kier molecular flexibility index (Phi) is 6.81. The summed E-state index contributed by atoms with van der Waals surface area (Å²) < 4.78 is 7.92. The number of tetrazole rings is 1. The smallest absolute Gasteiger partial charge is 0.269 e. The lowest BCUT2D eigenvalue weighted by Gasteiger charge is -2.16. The quantitative estimate of drug-likeness (QED) is 0.268. The Morgan fingerprint density at radius 3 is 2.67 bits per heavy atom. The molecule has 0 fully saturated rings. The van der Waals surface area contributed by atoms with Crippen molar-refractivity contribution >= 4 is 17.0 Å². The van der Waals surface area contributed by atoms with E-state index in [4.69, 9.17) is 4.42 Å². The van der Waals surface area contributed by atoms with Gasteiger partial charge >= 0.3 is 0 Å². The molecule has 200 valence electrons. The maximum absolute atomic E-state index is 12.9. The number of imidazole rings is 1. The number of carbonyl (C=O) groups excluding carboxylic acids is 1. The van der Waals surface area contributed by atoms with Gasteiger partial charge in [0.25, 0.3) is 5.91 Å². The number of hydrogen-bond acceptors (Lipinski definition) is 9. The van der Waals surface area contributed by atoms with Crippen LogP contribution < -0.4 is 10.6 Å². The molecule has 1 amide bonds. The second-order valence-electron chi connectivity index (χ2n) is 9.21. The molecule has 0 saturated carbocycles. The summed E-state index contributed by atoms with van der Waals surface area (Å²) in [5.74, 6) is 0.671. The number of pyridine rings is 1. The number of amides is 1. The van der Waals surface area contributed by atoms with Gasteiger partial charge in [-0.1, -0.05) is 30.3 Å². The standard InChI is InChI=1S/C28H26N10O2/c1-37-17-29-16-23(37)19-8-9-24-21(14-19)33-28(40-24)20-10-11-30-22(15-20)27(39)32-13-12-31-25(18-6-4-3-5-7-18)26-34-36-38(2)35-26/h3-11,14-17,25,31H,12-13H2,1-2H3,(H,32,39). The van der Waals surface area contributed by atoms with Crippen LogP contribution in [0, 0.1) is 0 Å². The largest absolute Gasteiger partial charge is 0.436 e. The van der Waals surface area contributed by atoms with Crippen LogP contribution in [0.2, 0.25) is 0 Å². The van der Waals surface area contributed by atoms with Crippen LogP contribution in [0.25, 0.3) is 33.8 Å². The highest BCUT2D eigenvalue weighted by Crippen LogP contribution is 2.28. The highest BCUT2D eigenvalue weighted by Gasteiger charge is 2.19. The Hall–Kier alpha value is -5.23. The van der Waals surface area contributed by atoms with E-state index in [1.807, 2.05) is 60.1 Å². The molecule has 6 aromatic rings.